The molecule has 2 rings (SSSR count). The molecule has 0 radical (unpaired) electrons. The van der Waals surface area contributed by atoms with E-state index in [4.69, 9.17) is 5.11 Å². The van der Waals surface area contributed by atoms with Gasteiger partial charge in [0, 0.05) is 12.5 Å². The van der Waals surface area contributed by atoms with Crippen LogP contribution in [-0.4, -0.2) is 26.0 Å². The third-order valence-corrected chi connectivity index (χ3v) is 3.30. The molecule has 0 saturated carbocycles. The molecule has 21 heavy (non-hydrogen) atoms. The predicted molar refractivity (Wildman–Crippen MR) is 76.9 cm³/mol. The maximum Gasteiger partial charge on any atom is 0.303 e. The van der Waals surface area contributed by atoms with Crippen molar-refractivity contribution in [2.45, 2.75) is 26.7 Å². The average molecular weight is 288 g/mol. The van der Waals surface area contributed by atoms with Crippen LogP contribution in [0, 0.1) is 13.8 Å². The molecule has 110 valence electrons. The van der Waals surface area contributed by atoms with Gasteiger partial charge in [0.25, 0.3) is 5.56 Å². The second-order valence-electron chi connectivity index (χ2n) is 4.89. The molecule has 2 aromatic rings. The first kappa shape index (κ1) is 14.8. The molecule has 0 amide bonds. The molecule has 2 N–H and O–H groups in total. The van der Waals surface area contributed by atoms with Crippen LogP contribution >= 0.6 is 0 Å². The Kier molecular flexibility index (Phi) is 4.07. The standard InChI is InChI=1S/C15H16N2O4/c1-9-3-4-11(7-10(9)2)17-14(19)8-13(18)12(16-17)5-6-15(20)21/h3-4,7-8,18H,5-6H2,1-2H3,(H,20,21). The minimum absolute atomic E-state index is 0.0618. The Morgan fingerprint density at radius 2 is 1.95 bits per heavy atom. The SMILES string of the molecule is Cc1ccc(-n2nc(CCC(=O)O)c(O)cc2=O)cc1C. The van der Waals surface area contributed by atoms with Crippen LogP contribution in [0.4, 0.5) is 0 Å². The molecule has 1 aromatic carbocycles. The lowest BCUT2D eigenvalue weighted by Gasteiger charge is -2.10. The molecular weight excluding hydrogens is 272 g/mol. The van der Waals surface area contributed by atoms with Gasteiger partial charge in [0.2, 0.25) is 0 Å². The van der Waals surface area contributed by atoms with E-state index >= 15 is 0 Å². The minimum atomic E-state index is -0.986. The molecule has 6 heteroatoms. The molecule has 0 atom stereocenters. The van der Waals surface area contributed by atoms with Crippen LogP contribution in [0.3, 0.4) is 0 Å². The van der Waals surface area contributed by atoms with Crippen molar-refractivity contribution in [3.8, 4) is 11.4 Å². The van der Waals surface area contributed by atoms with Gasteiger partial charge in [0.1, 0.15) is 11.4 Å². The fraction of sp³-hybridized carbons (Fsp3) is 0.267. The topological polar surface area (TPSA) is 92.4 Å². The normalized spacial score (nSPS) is 10.6. The summed E-state index contributed by atoms with van der Waals surface area (Å²) in [6.07, 6.45) is -0.0992. The molecule has 0 aliphatic heterocycles. The largest absolute Gasteiger partial charge is 0.506 e. The number of benzene rings is 1. The van der Waals surface area contributed by atoms with Crippen molar-refractivity contribution < 1.29 is 15.0 Å². The summed E-state index contributed by atoms with van der Waals surface area (Å²) in [5, 5.41) is 22.5. The number of aryl methyl sites for hydroxylation is 3. The number of hydrogen-bond acceptors (Lipinski definition) is 4. The number of carboxylic acid groups (broad SMARTS) is 1. The van der Waals surface area contributed by atoms with Gasteiger partial charge >= 0.3 is 5.97 Å². The number of aromatic hydroxyl groups is 1. The zero-order valence-corrected chi connectivity index (χ0v) is 11.8. The minimum Gasteiger partial charge on any atom is -0.506 e. The Morgan fingerprint density at radius 1 is 1.24 bits per heavy atom. The summed E-state index contributed by atoms with van der Waals surface area (Å²) in [4.78, 5) is 22.6. The lowest BCUT2D eigenvalue weighted by molar-refractivity contribution is -0.136. The van der Waals surface area contributed by atoms with E-state index in [-0.39, 0.29) is 24.3 Å². The lowest BCUT2D eigenvalue weighted by atomic mass is 10.1. The average Bonchev–Trinajstić information content (AvgIpc) is 2.41. The number of aromatic nitrogens is 2. The van der Waals surface area contributed by atoms with Gasteiger partial charge in [-0.05, 0) is 37.1 Å². The van der Waals surface area contributed by atoms with E-state index < -0.39 is 11.5 Å². The van der Waals surface area contributed by atoms with Gasteiger partial charge in [0.05, 0.1) is 12.1 Å². The Morgan fingerprint density at radius 3 is 2.57 bits per heavy atom. The van der Waals surface area contributed by atoms with Crippen molar-refractivity contribution in [3.05, 3.63) is 51.4 Å². The molecule has 0 spiro atoms. The van der Waals surface area contributed by atoms with Gasteiger partial charge in [-0.1, -0.05) is 6.07 Å². The smallest absolute Gasteiger partial charge is 0.303 e. The third kappa shape index (κ3) is 3.28. The molecule has 0 bridgehead atoms. The van der Waals surface area contributed by atoms with Crippen LogP contribution in [0.1, 0.15) is 23.2 Å². The molecule has 0 aliphatic rings. The molecule has 6 nitrogen and oxygen atoms in total. The Labute approximate surface area is 121 Å². The van der Waals surface area contributed by atoms with Gasteiger partial charge in [0.15, 0.2) is 0 Å². The summed E-state index contributed by atoms with van der Waals surface area (Å²) in [5.41, 5.74) is 2.42. The predicted octanol–water partition coefficient (Wildman–Crippen LogP) is 1.57. The first-order valence-corrected chi connectivity index (χ1v) is 6.50. The van der Waals surface area contributed by atoms with E-state index in [1.807, 2.05) is 26.0 Å². The van der Waals surface area contributed by atoms with Crippen molar-refractivity contribution in [3.63, 3.8) is 0 Å². The first-order chi connectivity index (χ1) is 9.88. The number of carboxylic acids is 1. The van der Waals surface area contributed by atoms with Gasteiger partial charge < -0.3 is 10.2 Å². The lowest BCUT2D eigenvalue weighted by Crippen LogP contribution is -2.22. The molecule has 1 heterocycles. The van der Waals surface area contributed by atoms with Crippen LogP contribution in [0.25, 0.3) is 5.69 Å². The Balaban J connectivity index is 2.47. The van der Waals surface area contributed by atoms with E-state index in [1.54, 1.807) is 6.07 Å². The Bertz CT molecular complexity index is 750. The summed E-state index contributed by atoms with van der Waals surface area (Å²) in [5.74, 6) is -1.26. The van der Waals surface area contributed by atoms with Crippen LogP contribution in [0.15, 0.2) is 29.1 Å². The number of rotatable bonds is 4. The molecule has 0 saturated heterocycles. The second kappa shape index (κ2) is 5.78. The second-order valence-corrected chi connectivity index (χ2v) is 4.89. The van der Waals surface area contributed by atoms with Crippen molar-refractivity contribution in [1.29, 1.82) is 0 Å². The van der Waals surface area contributed by atoms with E-state index in [1.165, 1.54) is 4.68 Å². The fourth-order valence-electron chi connectivity index (χ4n) is 1.93. The van der Waals surface area contributed by atoms with Gasteiger partial charge in [-0.15, -0.1) is 0 Å². The van der Waals surface area contributed by atoms with Crippen molar-refractivity contribution >= 4 is 5.97 Å². The zero-order valence-electron chi connectivity index (χ0n) is 11.8. The summed E-state index contributed by atoms with van der Waals surface area (Å²) in [6.45, 7) is 3.89. The number of nitrogens with zero attached hydrogens (tertiary/aromatic N) is 2. The highest BCUT2D eigenvalue weighted by atomic mass is 16.4. The summed E-state index contributed by atoms with van der Waals surface area (Å²) in [6, 6.07) is 6.51. The van der Waals surface area contributed by atoms with Crippen LogP contribution in [0.5, 0.6) is 5.75 Å². The molecular formula is C15H16N2O4. The van der Waals surface area contributed by atoms with Crippen LogP contribution in [0.2, 0.25) is 0 Å². The van der Waals surface area contributed by atoms with Crippen molar-refractivity contribution in [1.82, 2.24) is 9.78 Å². The molecule has 0 aliphatic carbocycles. The van der Waals surface area contributed by atoms with E-state index in [2.05, 4.69) is 5.10 Å². The highest BCUT2D eigenvalue weighted by molar-refractivity contribution is 5.67. The van der Waals surface area contributed by atoms with Gasteiger partial charge in [-0.3, -0.25) is 9.59 Å². The van der Waals surface area contributed by atoms with E-state index in [0.29, 0.717) is 5.69 Å². The monoisotopic (exact) mass is 288 g/mol. The zero-order chi connectivity index (χ0) is 15.6. The molecule has 1 aromatic heterocycles. The number of hydrogen-bond donors (Lipinski definition) is 2. The maximum atomic E-state index is 12.0. The number of aliphatic carboxylic acids is 1. The van der Waals surface area contributed by atoms with E-state index in [9.17, 15) is 14.7 Å². The van der Waals surface area contributed by atoms with Crippen LogP contribution < -0.4 is 5.56 Å². The maximum absolute atomic E-state index is 12.0. The molecule has 0 unspecified atom stereocenters. The van der Waals surface area contributed by atoms with Crippen LogP contribution in [-0.2, 0) is 11.2 Å². The van der Waals surface area contributed by atoms with Crippen molar-refractivity contribution in [2.75, 3.05) is 0 Å². The van der Waals surface area contributed by atoms with Gasteiger partial charge in [-0.25, -0.2) is 0 Å². The molecule has 0 fully saturated rings. The Hall–Kier alpha value is -2.63. The third-order valence-electron chi connectivity index (χ3n) is 3.30. The van der Waals surface area contributed by atoms with E-state index in [0.717, 1.165) is 17.2 Å². The highest BCUT2D eigenvalue weighted by Gasteiger charge is 2.11. The summed E-state index contributed by atoms with van der Waals surface area (Å²) in [7, 11) is 0. The fourth-order valence-corrected chi connectivity index (χ4v) is 1.93. The summed E-state index contributed by atoms with van der Waals surface area (Å²) >= 11 is 0. The first-order valence-electron chi connectivity index (χ1n) is 6.50. The van der Waals surface area contributed by atoms with Gasteiger partial charge in [-0.2, -0.15) is 9.78 Å². The highest BCUT2D eigenvalue weighted by Crippen LogP contribution is 2.16. The summed E-state index contributed by atoms with van der Waals surface area (Å²) < 4.78 is 1.17. The van der Waals surface area contributed by atoms with Crippen molar-refractivity contribution in [2.24, 2.45) is 0 Å². The number of carbonyl (C=O) groups is 1. The quantitative estimate of drug-likeness (QED) is 0.891.